The maximum absolute atomic E-state index is 9.01. The van der Waals surface area contributed by atoms with E-state index in [4.69, 9.17) is 5.11 Å². The first-order chi connectivity index (χ1) is 5.83. The third-order valence-electron chi connectivity index (χ3n) is 1.75. The van der Waals surface area contributed by atoms with E-state index in [1.807, 2.05) is 24.5 Å². The molecule has 0 radical (unpaired) electrons. The highest BCUT2D eigenvalue weighted by Gasteiger charge is 2.02. The zero-order valence-electron chi connectivity index (χ0n) is 7.08. The topological polar surface area (TPSA) is 20.2 Å². The van der Waals surface area contributed by atoms with Crippen molar-refractivity contribution in [2.24, 2.45) is 0 Å². The molecule has 1 nitrogen and oxygen atoms in total. The molecule has 0 saturated carbocycles. The summed E-state index contributed by atoms with van der Waals surface area (Å²) in [6.07, 6.45) is 3.81. The van der Waals surface area contributed by atoms with Gasteiger partial charge in [0.2, 0.25) is 0 Å². The van der Waals surface area contributed by atoms with Crippen molar-refractivity contribution in [2.45, 2.75) is 11.5 Å². The van der Waals surface area contributed by atoms with Gasteiger partial charge in [0.1, 0.15) is 0 Å². The van der Waals surface area contributed by atoms with E-state index >= 15 is 0 Å². The Morgan fingerprint density at radius 2 is 2.33 bits per heavy atom. The summed E-state index contributed by atoms with van der Waals surface area (Å²) in [7, 11) is 0. The minimum absolute atomic E-state index is 0.0791. The van der Waals surface area contributed by atoms with Gasteiger partial charge in [-0.3, -0.25) is 0 Å². The lowest BCUT2D eigenvalue weighted by molar-refractivity contribution is 0.281. The van der Waals surface area contributed by atoms with Crippen LogP contribution in [0.1, 0.15) is 11.1 Å². The van der Waals surface area contributed by atoms with Gasteiger partial charge in [0.25, 0.3) is 0 Å². The quantitative estimate of drug-likeness (QED) is 0.721. The second-order valence-corrected chi connectivity index (χ2v) is 3.24. The minimum atomic E-state index is 0.0791. The van der Waals surface area contributed by atoms with Gasteiger partial charge in [0.05, 0.1) is 6.61 Å². The van der Waals surface area contributed by atoms with Crippen LogP contribution in [0.3, 0.4) is 0 Å². The molecule has 0 saturated heterocycles. The van der Waals surface area contributed by atoms with Gasteiger partial charge in [0, 0.05) is 4.90 Å². The summed E-state index contributed by atoms with van der Waals surface area (Å²) in [4.78, 5) is 1.16. The lowest BCUT2D eigenvalue weighted by Crippen LogP contribution is -1.89. The molecule has 1 aromatic carbocycles. The van der Waals surface area contributed by atoms with Crippen LogP contribution in [-0.4, -0.2) is 11.4 Å². The van der Waals surface area contributed by atoms with E-state index in [0.29, 0.717) is 0 Å². The Morgan fingerprint density at radius 1 is 1.58 bits per heavy atom. The van der Waals surface area contributed by atoms with E-state index in [0.717, 1.165) is 16.0 Å². The number of rotatable bonds is 3. The average Bonchev–Trinajstić information content (AvgIpc) is 2.16. The maximum atomic E-state index is 9.01. The van der Waals surface area contributed by atoms with Crippen LogP contribution in [0, 0.1) is 0 Å². The summed E-state index contributed by atoms with van der Waals surface area (Å²) in [5.41, 5.74) is 1.99. The lowest BCUT2D eigenvalue weighted by Gasteiger charge is -2.06. The molecule has 1 rings (SSSR count). The lowest BCUT2D eigenvalue weighted by atomic mass is 10.1. The molecule has 2 heteroatoms. The molecule has 0 aromatic heterocycles. The smallest absolute Gasteiger partial charge is 0.0688 e. The summed E-state index contributed by atoms with van der Waals surface area (Å²) < 4.78 is 0. The summed E-state index contributed by atoms with van der Waals surface area (Å²) in [6, 6.07) is 5.89. The van der Waals surface area contributed by atoms with Gasteiger partial charge in [-0.15, -0.1) is 11.8 Å². The molecule has 0 aliphatic carbocycles. The maximum Gasteiger partial charge on any atom is 0.0688 e. The standard InChI is InChI=1S/C10H12OS/c1-3-9-8(7-11)5-4-6-10(9)12-2/h3-6,11H,1,7H2,2H3. The van der Waals surface area contributed by atoms with Gasteiger partial charge >= 0.3 is 0 Å². The highest BCUT2D eigenvalue weighted by Crippen LogP contribution is 2.24. The Bertz CT molecular complexity index is 259. The molecule has 1 aromatic rings. The molecule has 0 atom stereocenters. The van der Waals surface area contributed by atoms with Crippen LogP contribution in [0.2, 0.25) is 0 Å². The third-order valence-corrected chi connectivity index (χ3v) is 2.55. The summed E-state index contributed by atoms with van der Waals surface area (Å²) in [5, 5.41) is 9.01. The van der Waals surface area contributed by atoms with E-state index in [1.54, 1.807) is 17.8 Å². The number of aliphatic hydroxyl groups excluding tert-OH is 1. The van der Waals surface area contributed by atoms with Gasteiger partial charge in [-0.25, -0.2) is 0 Å². The van der Waals surface area contributed by atoms with Crippen LogP contribution < -0.4 is 0 Å². The van der Waals surface area contributed by atoms with E-state index in [1.165, 1.54) is 0 Å². The van der Waals surface area contributed by atoms with Crippen molar-refractivity contribution < 1.29 is 5.11 Å². The molecule has 0 spiro atoms. The Kier molecular flexibility index (Phi) is 3.38. The fourth-order valence-electron chi connectivity index (χ4n) is 1.14. The van der Waals surface area contributed by atoms with Gasteiger partial charge < -0.3 is 5.11 Å². The molecule has 0 heterocycles. The van der Waals surface area contributed by atoms with E-state index < -0.39 is 0 Å². The van der Waals surface area contributed by atoms with Gasteiger partial charge in [-0.2, -0.15) is 0 Å². The molecule has 0 amide bonds. The SMILES string of the molecule is C=Cc1c(CO)cccc1SC. The van der Waals surface area contributed by atoms with Crippen LogP contribution in [0.5, 0.6) is 0 Å². The Hall–Kier alpha value is -0.730. The molecule has 0 fully saturated rings. The number of aliphatic hydroxyl groups is 1. The molecule has 1 N–H and O–H groups in total. The van der Waals surface area contributed by atoms with Crippen LogP contribution in [0.4, 0.5) is 0 Å². The van der Waals surface area contributed by atoms with Crippen molar-refractivity contribution in [3.05, 3.63) is 35.9 Å². The first-order valence-electron chi connectivity index (χ1n) is 3.72. The number of hydrogen-bond acceptors (Lipinski definition) is 2. The minimum Gasteiger partial charge on any atom is -0.392 e. The van der Waals surface area contributed by atoms with Gasteiger partial charge in [-0.1, -0.05) is 24.8 Å². The van der Waals surface area contributed by atoms with Gasteiger partial charge in [-0.05, 0) is 23.4 Å². The summed E-state index contributed by atoms with van der Waals surface area (Å²) >= 11 is 1.67. The number of hydrogen-bond donors (Lipinski definition) is 1. The fraction of sp³-hybridized carbons (Fsp3) is 0.200. The van der Waals surface area contributed by atoms with E-state index in [9.17, 15) is 0 Å². The Balaban J connectivity index is 3.21. The second-order valence-electron chi connectivity index (χ2n) is 2.40. The first kappa shape index (κ1) is 9.36. The van der Waals surface area contributed by atoms with Gasteiger partial charge in [0.15, 0.2) is 0 Å². The molecule has 12 heavy (non-hydrogen) atoms. The fourth-order valence-corrected chi connectivity index (χ4v) is 1.79. The predicted molar refractivity (Wildman–Crippen MR) is 54.2 cm³/mol. The highest BCUT2D eigenvalue weighted by atomic mass is 32.2. The van der Waals surface area contributed by atoms with Crippen molar-refractivity contribution in [3.63, 3.8) is 0 Å². The zero-order valence-corrected chi connectivity index (χ0v) is 7.90. The Morgan fingerprint density at radius 3 is 2.83 bits per heavy atom. The number of benzene rings is 1. The molecule has 64 valence electrons. The second kappa shape index (κ2) is 4.33. The van der Waals surface area contributed by atoms with Crippen molar-refractivity contribution in [2.75, 3.05) is 6.26 Å². The molecular formula is C10H12OS. The molecule has 0 aliphatic rings. The van der Waals surface area contributed by atoms with Crippen LogP contribution >= 0.6 is 11.8 Å². The first-order valence-corrected chi connectivity index (χ1v) is 4.95. The third kappa shape index (κ3) is 1.71. The highest BCUT2D eigenvalue weighted by molar-refractivity contribution is 7.98. The molecule has 0 bridgehead atoms. The average molecular weight is 180 g/mol. The molecule has 0 aliphatic heterocycles. The summed E-state index contributed by atoms with van der Waals surface area (Å²) in [6.45, 7) is 3.80. The van der Waals surface area contributed by atoms with Crippen molar-refractivity contribution in [1.82, 2.24) is 0 Å². The van der Waals surface area contributed by atoms with Crippen molar-refractivity contribution in [3.8, 4) is 0 Å². The Labute approximate surface area is 77.1 Å². The predicted octanol–water partition coefficient (Wildman–Crippen LogP) is 2.54. The molecule has 0 unspecified atom stereocenters. The normalized spacial score (nSPS) is 9.83. The monoisotopic (exact) mass is 180 g/mol. The van der Waals surface area contributed by atoms with Crippen LogP contribution in [-0.2, 0) is 6.61 Å². The van der Waals surface area contributed by atoms with E-state index in [2.05, 4.69) is 6.58 Å². The van der Waals surface area contributed by atoms with Crippen molar-refractivity contribution in [1.29, 1.82) is 0 Å². The molecular weight excluding hydrogens is 168 g/mol. The largest absolute Gasteiger partial charge is 0.392 e. The van der Waals surface area contributed by atoms with Crippen LogP contribution in [0.15, 0.2) is 29.7 Å². The number of thioether (sulfide) groups is 1. The van der Waals surface area contributed by atoms with Crippen LogP contribution in [0.25, 0.3) is 6.08 Å². The summed E-state index contributed by atoms with van der Waals surface area (Å²) in [5.74, 6) is 0. The van der Waals surface area contributed by atoms with E-state index in [-0.39, 0.29) is 6.61 Å². The van der Waals surface area contributed by atoms with Crippen molar-refractivity contribution >= 4 is 17.8 Å². The zero-order chi connectivity index (χ0) is 8.97.